The molecule has 0 saturated carbocycles. The van der Waals surface area contributed by atoms with E-state index < -0.39 is 11.2 Å². The molecule has 4 heteroatoms. The topological polar surface area (TPSA) is 55.2 Å². The summed E-state index contributed by atoms with van der Waals surface area (Å²) in [6, 6.07) is 0. The van der Waals surface area contributed by atoms with Gasteiger partial charge >= 0.3 is 0 Å². The molecule has 1 aromatic rings. The van der Waals surface area contributed by atoms with E-state index in [1.807, 2.05) is 27.7 Å². The molecule has 0 aromatic carbocycles. The van der Waals surface area contributed by atoms with Crippen LogP contribution in [-0.2, 0) is 10.3 Å². The van der Waals surface area contributed by atoms with Gasteiger partial charge < -0.3 is 9.84 Å². The Morgan fingerprint density at radius 1 is 1.19 bits per heavy atom. The molecule has 1 unspecified atom stereocenters. The predicted molar refractivity (Wildman–Crippen MR) is 59.8 cm³/mol. The zero-order valence-electron chi connectivity index (χ0n) is 10.2. The maximum Gasteiger partial charge on any atom is 0.124 e. The van der Waals surface area contributed by atoms with Crippen LogP contribution in [-0.4, -0.2) is 26.3 Å². The number of rotatable bonds is 1. The van der Waals surface area contributed by atoms with Crippen molar-refractivity contribution in [1.82, 2.24) is 9.97 Å². The highest BCUT2D eigenvalue weighted by atomic mass is 16.5. The fourth-order valence-corrected chi connectivity index (χ4v) is 2.60. The molecule has 0 aliphatic carbocycles. The van der Waals surface area contributed by atoms with Crippen molar-refractivity contribution >= 4 is 0 Å². The summed E-state index contributed by atoms with van der Waals surface area (Å²) in [5, 5.41) is 10.8. The molecule has 1 atom stereocenters. The number of ether oxygens (including phenoxy) is 1. The Bertz CT molecular complexity index is 389. The van der Waals surface area contributed by atoms with E-state index in [-0.39, 0.29) is 5.60 Å². The minimum Gasteiger partial charge on any atom is -0.382 e. The molecule has 88 valence electrons. The molecule has 16 heavy (non-hydrogen) atoms. The molecule has 0 radical (unpaired) electrons. The molecule has 2 heterocycles. The van der Waals surface area contributed by atoms with Crippen molar-refractivity contribution < 1.29 is 9.84 Å². The summed E-state index contributed by atoms with van der Waals surface area (Å²) >= 11 is 0. The molecule has 0 spiro atoms. The maximum absolute atomic E-state index is 10.8. The molecule has 1 saturated heterocycles. The summed E-state index contributed by atoms with van der Waals surface area (Å²) in [6.45, 7) is 7.76. The van der Waals surface area contributed by atoms with Crippen LogP contribution in [0.25, 0.3) is 0 Å². The molecule has 1 aliphatic heterocycles. The van der Waals surface area contributed by atoms with E-state index in [0.717, 1.165) is 0 Å². The van der Waals surface area contributed by atoms with Gasteiger partial charge in [-0.15, -0.1) is 0 Å². The number of hydrogen-bond acceptors (Lipinski definition) is 4. The maximum atomic E-state index is 10.8. The standard InChI is InChI=1S/C12H18N2O2/c1-10(2)7-12(15,11(3,4)16-10)9-5-13-8-14-6-9/h5-6,8,15H,7H2,1-4H3. The van der Waals surface area contributed by atoms with Gasteiger partial charge in [-0.1, -0.05) is 0 Å². The normalized spacial score (nSPS) is 31.6. The van der Waals surface area contributed by atoms with Gasteiger partial charge in [-0.05, 0) is 27.7 Å². The Balaban J connectivity index is 2.46. The van der Waals surface area contributed by atoms with Crippen LogP contribution in [0.5, 0.6) is 0 Å². The highest BCUT2D eigenvalue weighted by molar-refractivity contribution is 5.23. The Kier molecular flexibility index (Phi) is 2.33. The van der Waals surface area contributed by atoms with Crippen LogP contribution in [0.4, 0.5) is 0 Å². The van der Waals surface area contributed by atoms with E-state index in [4.69, 9.17) is 4.74 Å². The monoisotopic (exact) mass is 222 g/mol. The summed E-state index contributed by atoms with van der Waals surface area (Å²) in [7, 11) is 0. The van der Waals surface area contributed by atoms with E-state index >= 15 is 0 Å². The first-order valence-corrected chi connectivity index (χ1v) is 5.45. The average Bonchev–Trinajstić information content (AvgIpc) is 2.33. The minimum absolute atomic E-state index is 0.339. The molecule has 0 amide bonds. The van der Waals surface area contributed by atoms with Crippen molar-refractivity contribution in [3.63, 3.8) is 0 Å². The minimum atomic E-state index is -1.03. The predicted octanol–water partition coefficient (Wildman–Crippen LogP) is 1.64. The second-order valence-corrected chi connectivity index (χ2v) is 5.54. The first kappa shape index (κ1) is 11.5. The Morgan fingerprint density at radius 2 is 1.75 bits per heavy atom. The van der Waals surface area contributed by atoms with Crippen molar-refractivity contribution in [1.29, 1.82) is 0 Å². The average molecular weight is 222 g/mol. The third-order valence-electron chi connectivity index (χ3n) is 3.25. The van der Waals surface area contributed by atoms with Crippen LogP contribution in [0.1, 0.15) is 39.7 Å². The van der Waals surface area contributed by atoms with Crippen LogP contribution in [0.15, 0.2) is 18.7 Å². The molecule has 1 N–H and O–H groups in total. The lowest BCUT2D eigenvalue weighted by Crippen LogP contribution is -2.43. The lowest BCUT2D eigenvalue weighted by atomic mass is 9.78. The van der Waals surface area contributed by atoms with E-state index in [9.17, 15) is 5.11 Å². The molecule has 0 bridgehead atoms. The quantitative estimate of drug-likeness (QED) is 0.784. The van der Waals surface area contributed by atoms with Crippen LogP contribution >= 0.6 is 0 Å². The molecule has 1 aromatic heterocycles. The molecule has 4 nitrogen and oxygen atoms in total. The van der Waals surface area contributed by atoms with Gasteiger partial charge in [-0.2, -0.15) is 0 Å². The van der Waals surface area contributed by atoms with Crippen LogP contribution in [0.3, 0.4) is 0 Å². The molecular weight excluding hydrogens is 204 g/mol. The van der Waals surface area contributed by atoms with Gasteiger partial charge in [0.15, 0.2) is 0 Å². The highest BCUT2D eigenvalue weighted by Crippen LogP contribution is 2.50. The van der Waals surface area contributed by atoms with Crippen molar-refractivity contribution in [2.45, 2.75) is 50.9 Å². The van der Waals surface area contributed by atoms with Crippen LogP contribution in [0, 0.1) is 0 Å². The van der Waals surface area contributed by atoms with Gasteiger partial charge in [0.1, 0.15) is 11.9 Å². The van der Waals surface area contributed by atoms with Gasteiger partial charge in [0.2, 0.25) is 0 Å². The van der Waals surface area contributed by atoms with Crippen molar-refractivity contribution in [3.05, 3.63) is 24.3 Å². The number of hydrogen-bond donors (Lipinski definition) is 1. The summed E-state index contributed by atoms with van der Waals surface area (Å²) < 4.78 is 5.90. The van der Waals surface area contributed by atoms with Crippen LogP contribution in [0.2, 0.25) is 0 Å². The molecular formula is C12H18N2O2. The lowest BCUT2D eigenvalue weighted by Gasteiger charge is -2.34. The number of nitrogens with zero attached hydrogens (tertiary/aromatic N) is 2. The zero-order chi connectivity index (χ0) is 12.0. The third-order valence-corrected chi connectivity index (χ3v) is 3.25. The first-order chi connectivity index (χ1) is 7.27. The van der Waals surface area contributed by atoms with Crippen molar-refractivity contribution in [2.75, 3.05) is 0 Å². The van der Waals surface area contributed by atoms with Crippen LogP contribution < -0.4 is 0 Å². The lowest BCUT2D eigenvalue weighted by molar-refractivity contribution is -0.130. The van der Waals surface area contributed by atoms with Gasteiger partial charge in [-0.3, -0.25) is 0 Å². The summed E-state index contributed by atoms with van der Waals surface area (Å²) in [5.74, 6) is 0. The Morgan fingerprint density at radius 3 is 2.19 bits per heavy atom. The second-order valence-electron chi connectivity index (χ2n) is 5.54. The highest BCUT2D eigenvalue weighted by Gasteiger charge is 2.57. The zero-order valence-corrected chi connectivity index (χ0v) is 10.2. The summed E-state index contributed by atoms with van der Waals surface area (Å²) in [6.07, 6.45) is 5.31. The second kappa shape index (κ2) is 3.25. The van der Waals surface area contributed by atoms with E-state index in [1.165, 1.54) is 6.33 Å². The molecule has 1 aliphatic rings. The van der Waals surface area contributed by atoms with Gasteiger partial charge in [-0.25, -0.2) is 9.97 Å². The Hall–Kier alpha value is -1.00. The Labute approximate surface area is 95.7 Å². The molecule has 2 rings (SSSR count). The van der Waals surface area contributed by atoms with Crippen molar-refractivity contribution in [3.8, 4) is 0 Å². The fraction of sp³-hybridized carbons (Fsp3) is 0.667. The summed E-state index contributed by atoms with van der Waals surface area (Å²) in [4.78, 5) is 7.92. The van der Waals surface area contributed by atoms with E-state index in [1.54, 1.807) is 12.4 Å². The van der Waals surface area contributed by atoms with Gasteiger partial charge in [0.05, 0.1) is 11.2 Å². The van der Waals surface area contributed by atoms with E-state index in [2.05, 4.69) is 9.97 Å². The van der Waals surface area contributed by atoms with Crippen molar-refractivity contribution in [2.24, 2.45) is 0 Å². The smallest absolute Gasteiger partial charge is 0.124 e. The number of aromatic nitrogens is 2. The fourth-order valence-electron chi connectivity index (χ4n) is 2.60. The third kappa shape index (κ3) is 1.62. The largest absolute Gasteiger partial charge is 0.382 e. The van der Waals surface area contributed by atoms with Gasteiger partial charge in [0, 0.05) is 24.4 Å². The SMILES string of the molecule is CC1(C)CC(O)(c2cncnc2)C(C)(C)O1. The number of aliphatic hydroxyl groups is 1. The van der Waals surface area contributed by atoms with E-state index in [0.29, 0.717) is 12.0 Å². The van der Waals surface area contributed by atoms with Gasteiger partial charge in [0.25, 0.3) is 0 Å². The summed E-state index contributed by atoms with van der Waals surface area (Å²) in [5.41, 5.74) is -1.29. The first-order valence-electron chi connectivity index (χ1n) is 5.45. The molecule has 1 fully saturated rings.